The normalized spacial score (nSPS) is 14.0. The molecule has 0 aliphatic heterocycles. The molecule has 1 amide bonds. The van der Waals surface area contributed by atoms with Crippen LogP contribution in [-0.2, 0) is 9.47 Å². The number of carbonyl (C=O) groups is 1. The van der Waals surface area contributed by atoms with Crippen LogP contribution < -0.4 is 5.32 Å². The molecule has 0 fully saturated rings. The van der Waals surface area contributed by atoms with E-state index in [9.17, 15) is 15.0 Å². The summed E-state index contributed by atoms with van der Waals surface area (Å²) in [6.07, 6.45) is -2.45. The third-order valence-corrected chi connectivity index (χ3v) is 4.99. The molecule has 7 nitrogen and oxygen atoms in total. The van der Waals surface area contributed by atoms with Gasteiger partial charge in [-0.1, -0.05) is 48.5 Å². The molecule has 0 bridgehead atoms. The van der Waals surface area contributed by atoms with Gasteiger partial charge in [-0.3, -0.25) is 0 Å². The number of hydrogen-bond donors (Lipinski definition) is 3. The van der Waals surface area contributed by atoms with Crippen molar-refractivity contribution in [1.29, 1.82) is 0 Å². The number of aliphatic hydroxyl groups is 2. The molecule has 156 valence electrons. The molecule has 3 rings (SSSR count). The van der Waals surface area contributed by atoms with Gasteiger partial charge in [0.25, 0.3) is 0 Å². The monoisotopic (exact) mass is 400 g/mol. The van der Waals surface area contributed by atoms with E-state index in [2.05, 4.69) is 17.4 Å². The zero-order chi connectivity index (χ0) is 20.8. The van der Waals surface area contributed by atoms with E-state index in [0.717, 1.165) is 22.3 Å². The number of ether oxygens (including phenoxy) is 2. The molecular weight excluding hydrogens is 372 g/mol. The number of fused-ring (bicyclic) bond motifs is 3. The van der Waals surface area contributed by atoms with Crippen molar-refractivity contribution in [2.24, 2.45) is 0 Å². The van der Waals surface area contributed by atoms with E-state index in [-0.39, 0.29) is 19.1 Å². The molecule has 29 heavy (non-hydrogen) atoms. The standard InChI is InChI=1S/C22H28N2O5/c1-24(2)11-12-28-14-20(21(25)26)23-22(27)29-13-19-17-9-5-3-7-15(17)16-8-4-6-10-18(16)19/h3-10,19-21,25-26H,11-14H2,1-2H3,(H,23,27)/t20-/m0/s1. The Hall–Kier alpha value is -2.45. The highest BCUT2D eigenvalue weighted by molar-refractivity contribution is 5.79. The quantitative estimate of drug-likeness (QED) is 0.439. The maximum atomic E-state index is 12.3. The Balaban J connectivity index is 1.57. The van der Waals surface area contributed by atoms with Crippen LogP contribution in [0.25, 0.3) is 11.1 Å². The molecule has 0 unspecified atom stereocenters. The van der Waals surface area contributed by atoms with E-state index in [4.69, 9.17) is 9.47 Å². The fourth-order valence-corrected chi connectivity index (χ4v) is 3.45. The maximum Gasteiger partial charge on any atom is 0.407 e. The molecule has 7 heteroatoms. The van der Waals surface area contributed by atoms with E-state index in [1.165, 1.54) is 0 Å². The summed E-state index contributed by atoms with van der Waals surface area (Å²) >= 11 is 0. The van der Waals surface area contributed by atoms with E-state index in [1.54, 1.807) is 0 Å². The summed E-state index contributed by atoms with van der Waals surface area (Å²) in [5.74, 6) is -0.0537. The number of amides is 1. The second kappa shape index (κ2) is 9.84. The van der Waals surface area contributed by atoms with Crippen LogP contribution in [0.3, 0.4) is 0 Å². The highest BCUT2D eigenvalue weighted by atomic mass is 16.6. The zero-order valence-corrected chi connectivity index (χ0v) is 16.7. The smallest absolute Gasteiger partial charge is 0.407 e. The average molecular weight is 400 g/mol. The van der Waals surface area contributed by atoms with Crippen LogP contribution in [0.4, 0.5) is 4.79 Å². The number of hydrogen-bond acceptors (Lipinski definition) is 6. The molecule has 0 saturated heterocycles. The molecule has 2 aromatic rings. The number of nitrogens with zero attached hydrogens (tertiary/aromatic N) is 1. The number of benzene rings is 2. The topological polar surface area (TPSA) is 91.3 Å². The third-order valence-electron chi connectivity index (χ3n) is 4.99. The summed E-state index contributed by atoms with van der Waals surface area (Å²) in [4.78, 5) is 14.2. The van der Waals surface area contributed by atoms with Crippen molar-refractivity contribution in [1.82, 2.24) is 10.2 Å². The van der Waals surface area contributed by atoms with E-state index in [1.807, 2.05) is 55.4 Å². The lowest BCUT2D eigenvalue weighted by Gasteiger charge is -2.21. The summed E-state index contributed by atoms with van der Waals surface area (Å²) in [5, 5.41) is 21.5. The van der Waals surface area contributed by atoms with Crippen LogP contribution in [0.2, 0.25) is 0 Å². The first-order valence-electron chi connectivity index (χ1n) is 9.67. The molecule has 1 atom stereocenters. The SMILES string of the molecule is CN(C)CCOC[C@H](NC(=O)OCC1c2ccccc2-c2ccccc21)C(O)O. The number of nitrogens with one attached hydrogen (secondary N) is 1. The van der Waals surface area contributed by atoms with Gasteiger partial charge in [-0.05, 0) is 36.3 Å². The first kappa shape index (κ1) is 21.3. The molecule has 0 heterocycles. The molecule has 0 saturated carbocycles. The van der Waals surface area contributed by atoms with Crippen LogP contribution in [0.5, 0.6) is 0 Å². The molecule has 0 aromatic heterocycles. The van der Waals surface area contributed by atoms with Gasteiger partial charge in [-0.2, -0.15) is 0 Å². The van der Waals surface area contributed by atoms with E-state index >= 15 is 0 Å². The van der Waals surface area contributed by atoms with Crippen molar-refractivity contribution < 1.29 is 24.5 Å². The van der Waals surface area contributed by atoms with Gasteiger partial charge in [0.15, 0.2) is 6.29 Å². The van der Waals surface area contributed by atoms with Crippen LogP contribution in [-0.4, -0.2) is 74.0 Å². The number of rotatable bonds is 9. The van der Waals surface area contributed by atoms with Gasteiger partial charge in [-0.25, -0.2) is 4.79 Å². The molecular formula is C22H28N2O5. The Kier molecular flexibility index (Phi) is 7.22. The Labute approximate surface area is 170 Å². The largest absolute Gasteiger partial charge is 0.449 e. The maximum absolute atomic E-state index is 12.3. The summed E-state index contributed by atoms with van der Waals surface area (Å²) < 4.78 is 10.8. The minimum atomic E-state index is -1.74. The minimum absolute atomic E-state index is 0.0182. The third kappa shape index (κ3) is 5.33. The Morgan fingerprint density at radius 3 is 2.21 bits per heavy atom. The van der Waals surface area contributed by atoms with Crippen molar-refractivity contribution in [3.63, 3.8) is 0 Å². The van der Waals surface area contributed by atoms with Gasteiger partial charge >= 0.3 is 6.09 Å². The zero-order valence-electron chi connectivity index (χ0n) is 16.7. The number of aliphatic hydroxyl groups excluding tert-OH is 1. The van der Waals surface area contributed by atoms with Crippen LogP contribution in [0, 0.1) is 0 Å². The first-order valence-corrected chi connectivity index (χ1v) is 9.67. The molecule has 1 aliphatic carbocycles. The van der Waals surface area contributed by atoms with Gasteiger partial charge in [0.1, 0.15) is 12.6 Å². The lowest BCUT2D eigenvalue weighted by molar-refractivity contribution is -0.0847. The predicted octanol–water partition coefficient (Wildman–Crippen LogP) is 1.78. The van der Waals surface area contributed by atoms with Gasteiger partial charge in [0.2, 0.25) is 0 Å². The summed E-state index contributed by atoms with van der Waals surface area (Å²) in [6.45, 7) is 1.26. The van der Waals surface area contributed by atoms with Crippen LogP contribution in [0.15, 0.2) is 48.5 Å². The predicted molar refractivity (Wildman–Crippen MR) is 110 cm³/mol. The van der Waals surface area contributed by atoms with Crippen molar-refractivity contribution in [2.75, 3.05) is 40.5 Å². The molecule has 2 aromatic carbocycles. The molecule has 1 aliphatic rings. The van der Waals surface area contributed by atoms with E-state index < -0.39 is 18.4 Å². The molecule has 3 N–H and O–H groups in total. The second-order valence-corrected chi connectivity index (χ2v) is 7.37. The van der Waals surface area contributed by atoms with Gasteiger partial charge in [0, 0.05) is 12.5 Å². The Morgan fingerprint density at radius 2 is 1.66 bits per heavy atom. The summed E-state index contributed by atoms with van der Waals surface area (Å²) in [6, 6.07) is 15.2. The first-order chi connectivity index (χ1) is 14.0. The lowest BCUT2D eigenvalue weighted by atomic mass is 9.98. The minimum Gasteiger partial charge on any atom is -0.449 e. The highest BCUT2D eigenvalue weighted by Crippen LogP contribution is 2.44. The number of carbonyl (C=O) groups excluding carboxylic acids is 1. The van der Waals surface area contributed by atoms with Gasteiger partial charge in [0.05, 0.1) is 13.2 Å². The average Bonchev–Trinajstić information content (AvgIpc) is 3.02. The number of alkyl carbamates (subject to hydrolysis) is 1. The fraction of sp³-hybridized carbons (Fsp3) is 0.409. The molecule has 0 radical (unpaired) electrons. The van der Waals surface area contributed by atoms with Gasteiger partial charge < -0.3 is 29.9 Å². The summed E-state index contributed by atoms with van der Waals surface area (Å²) in [5.41, 5.74) is 4.53. The van der Waals surface area contributed by atoms with E-state index in [0.29, 0.717) is 13.2 Å². The van der Waals surface area contributed by atoms with Crippen molar-refractivity contribution >= 4 is 6.09 Å². The number of likely N-dealkylation sites (N-methyl/N-ethyl adjacent to an activating group) is 1. The Morgan fingerprint density at radius 1 is 1.07 bits per heavy atom. The molecule has 0 spiro atoms. The van der Waals surface area contributed by atoms with Crippen LogP contribution >= 0.6 is 0 Å². The van der Waals surface area contributed by atoms with Crippen LogP contribution in [0.1, 0.15) is 17.0 Å². The highest BCUT2D eigenvalue weighted by Gasteiger charge is 2.29. The fourth-order valence-electron chi connectivity index (χ4n) is 3.45. The van der Waals surface area contributed by atoms with Gasteiger partial charge in [-0.15, -0.1) is 0 Å². The second-order valence-electron chi connectivity index (χ2n) is 7.37. The van der Waals surface area contributed by atoms with Crippen molar-refractivity contribution in [2.45, 2.75) is 18.2 Å². The Bertz CT molecular complexity index is 779. The van der Waals surface area contributed by atoms with Crippen molar-refractivity contribution in [3.8, 4) is 11.1 Å². The lowest BCUT2D eigenvalue weighted by Crippen LogP contribution is -2.47. The van der Waals surface area contributed by atoms with Crippen molar-refractivity contribution in [3.05, 3.63) is 59.7 Å². The summed E-state index contributed by atoms with van der Waals surface area (Å²) in [7, 11) is 3.83.